The fourth-order valence-corrected chi connectivity index (χ4v) is 7.18. The van der Waals surface area contributed by atoms with E-state index in [1.54, 1.807) is 24.4 Å². The summed E-state index contributed by atoms with van der Waals surface area (Å²) in [6.45, 7) is 4.90. The van der Waals surface area contributed by atoms with E-state index < -0.39 is 11.5 Å². The summed E-state index contributed by atoms with van der Waals surface area (Å²) in [5.74, 6) is 1.05. The number of carbonyl (C=O) groups is 3. The number of benzene rings is 3. The highest BCUT2D eigenvalue weighted by atomic mass is 16.5. The Bertz CT molecular complexity index is 2110. The maximum absolute atomic E-state index is 14.3. The molecule has 11 nitrogen and oxygen atoms in total. The lowest BCUT2D eigenvalue weighted by molar-refractivity contribution is -0.126. The number of hydrogen-bond donors (Lipinski definition) is 1. The molecule has 48 heavy (non-hydrogen) atoms. The molecule has 2 atom stereocenters. The van der Waals surface area contributed by atoms with E-state index in [-0.39, 0.29) is 17.5 Å². The van der Waals surface area contributed by atoms with Crippen LogP contribution in [0, 0.1) is 5.92 Å². The summed E-state index contributed by atoms with van der Waals surface area (Å²) < 4.78 is 16.2. The maximum atomic E-state index is 14.3. The Morgan fingerprint density at radius 3 is 2.42 bits per heavy atom. The average Bonchev–Trinajstić information content (AvgIpc) is 3.49. The number of anilines is 2. The molecular weight excluding hydrogens is 610 g/mol. The highest BCUT2D eigenvalue weighted by molar-refractivity contribution is 6.22. The van der Waals surface area contributed by atoms with E-state index in [4.69, 9.17) is 14.2 Å². The number of amides is 1. The number of methoxy groups -OCH3 is 3. The van der Waals surface area contributed by atoms with Crippen molar-refractivity contribution in [2.45, 2.75) is 19.4 Å². The van der Waals surface area contributed by atoms with Crippen molar-refractivity contribution >= 4 is 41.1 Å². The smallest absolute Gasteiger partial charge is 0.251 e. The lowest BCUT2D eigenvalue weighted by Gasteiger charge is -2.42. The first-order valence-electron chi connectivity index (χ1n) is 15.7. The highest BCUT2D eigenvalue weighted by Crippen LogP contribution is 2.44. The fourth-order valence-electron chi connectivity index (χ4n) is 7.18. The number of aromatic nitrogens is 2. The largest absolute Gasteiger partial charge is 0.493 e. The number of fused-ring (bicyclic) bond motifs is 6. The molecule has 1 aliphatic heterocycles. The van der Waals surface area contributed by atoms with Gasteiger partial charge >= 0.3 is 0 Å². The number of nitrogens with one attached hydrogen (secondary N) is 1. The fraction of sp³-hybridized carbons (Fsp3) is 0.270. The van der Waals surface area contributed by atoms with Gasteiger partial charge in [0.2, 0.25) is 5.75 Å². The number of ketones is 2. The SMILES string of the molecule is COc1cc(C(=O)NCCN2CN(C3(C)C(=O)C(C)C=c4c3ccc3c4=CC(=O)c4ccccc4-3)c3ncncc32)cc(OC)c1OC. The van der Waals surface area contributed by atoms with Gasteiger partial charge in [-0.3, -0.25) is 14.4 Å². The minimum Gasteiger partial charge on any atom is -0.493 e. The summed E-state index contributed by atoms with van der Waals surface area (Å²) in [5.41, 5.74) is 3.37. The molecule has 0 saturated carbocycles. The van der Waals surface area contributed by atoms with Crippen LogP contribution >= 0.6 is 0 Å². The monoisotopic (exact) mass is 645 g/mol. The van der Waals surface area contributed by atoms with Gasteiger partial charge in [0.05, 0.1) is 34.2 Å². The van der Waals surface area contributed by atoms with Crippen LogP contribution in [0.2, 0.25) is 0 Å². The number of nitrogens with zero attached hydrogens (tertiary/aromatic N) is 4. The molecule has 0 saturated heterocycles. The molecule has 2 heterocycles. The van der Waals surface area contributed by atoms with E-state index in [2.05, 4.69) is 20.2 Å². The van der Waals surface area contributed by atoms with E-state index in [0.29, 0.717) is 54.0 Å². The van der Waals surface area contributed by atoms with Crippen molar-refractivity contribution in [1.82, 2.24) is 15.3 Å². The van der Waals surface area contributed by atoms with Crippen LogP contribution in [-0.4, -0.2) is 68.5 Å². The van der Waals surface area contributed by atoms with Crippen molar-refractivity contribution in [2.75, 3.05) is 50.9 Å². The van der Waals surface area contributed by atoms with Gasteiger partial charge < -0.3 is 29.3 Å². The molecule has 244 valence electrons. The molecule has 3 aliphatic rings. The van der Waals surface area contributed by atoms with Gasteiger partial charge in [-0.2, -0.15) is 0 Å². The molecule has 0 fully saturated rings. The zero-order chi connectivity index (χ0) is 33.7. The topological polar surface area (TPSA) is 123 Å². The first kappa shape index (κ1) is 30.9. The van der Waals surface area contributed by atoms with Crippen molar-refractivity contribution in [3.63, 3.8) is 0 Å². The molecular formula is C37H35N5O6. The molecule has 0 radical (unpaired) electrons. The van der Waals surface area contributed by atoms with Gasteiger partial charge in [-0.1, -0.05) is 49.4 Å². The van der Waals surface area contributed by atoms with Crippen LogP contribution in [0.4, 0.5) is 11.5 Å². The predicted molar refractivity (Wildman–Crippen MR) is 181 cm³/mol. The van der Waals surface area contributed by atoms with E-state index in [1.807, 2.05) is 61.2 Å². The zero-order valence-corrected chi connectivity index (χ0v) is 27.4. The Labute approximate surface area is 277 Å². The molecule has 1 N–H and O–H groups in total. The van der Waals surface area contributed by atoms with Crippen molar-refractivity contribution in [3.05, 3.63) is 88.2 Å². The van der Waals surface area contributed by atoms with Crippen LogP contribution in [0.3, 0.4) is 0 Å². The molecule has 7 rings (SSSR count). The summed E-state index contributed by atoms with van der Waals surface area (Å²) in [7, 11) is 4.50. The summed E-state index contributed by atoms with van der Waals surface area (Å²) in [5, 5.41) is 4.69. The number of hydrogen-bond acceptors (Lipinski definition) is 10. The normalized spacial score (nSPS) is 18.9. The highest BCUT2D eigenvalue weighted by Gasteiger charge is 2.49. The van der Waals surface area contributed by atoms with E-state index in [9.17, 15) is 14.4 Å². The van der Waals surface area contributed by atoms with Gasteiger partial charge in [0.1, 0.15) is 17.6 Å². The van der Waals surface area contributed by atoms with Crippen molar-refractivity contribution in [2.24, 2.45) is 5.92 Å². The van der Waals surface area contributed by atoms with Crippen molar-refractivity contribution in [3.8, 4) is 28.4 Å². The van der Waals surface area contributed by atoms with Crippen LogP contribution in [0.1, 0.15) is 40.1 Å². The Kier molecular flexibility index (Phi) is 7.62. The van der Waals surface area contributed by atoms with Gasteiger partial charge in [0.15, 0.2) is 28.9 Å². The third kappa shape index (κ3) is 4.68. The van der Waals surface area contributed by atoms with Gasteiger partial charge in [0.25, 0.3) is 5.91 Å². The summed E-state index contributed by atoms with van der Waals surface area (Å²) in [4.78, 5) is 53.7. The second kappa shape index (κ2) is 11.8. The van der Waals surface area contributed by atoms with E-state index in [1.165, 1.54) is 27.7 Å². The molecule has 1 amide bonds. The van der Waals surface area contributed by atoms with Crippen LogP contribution in [-0.2, 0) is 10.3 Å². The molecule has 2 aliphatic carbocycles. The number of Topliss-reactive ketones (excluding diaryl/α,β-unsaturated/α-hetero) is 2. The third-order valence-corrected chi connectivity index (χ3v) is 9.59. The minimum absolute atomic E-state index is 0.0274. The molecule has 11 heteroatoms. The summed E-state index contributed by atoms with van der Waals surface area (Å²) in [6, 6.07) is 14.8. The summed E-state index contributed by atoms with van der Waals surface area (Å²) >= 11 is 0. The number of carbonyl (C=O) groups excluding carboxylic acids is 3. The second-order valence-corrected chi connectivity index (χ2v) is 12.2. The Hall–Kier alpha value is -5.71. The maximum Gasteiger partial charge on any atom is 0.251 e. The second-order valence-electron chi connectivity index (χ2n) is 12.2. The van der Waals surface area contributed by atoms with E-state index in [0.717, 1.165) is 32.8 Å². The molecule has 4 aromatic rings. The Morgan fingerprint density at radius 2 is 1.71 bits per heavy atom. The molecule has 0 spiro atoms. The Morgan fingerprint density at radius 1 is 0.979 bits per heavy atom. The van der Waals surface area contributed by atoms with Crippen molar-refractivity contribution < 1.29 is 28.6 Å². The summed E-state index contributed by atoms with van der Waals surface area (Å²) in [6.07, 6.45) is 6.88. The first-order valence-corrected chi connectivity index (χ1v) is 15.7. The minimum atomic E-state index is -1.09. The lowest BCUT2D eigenvalue weighted by atomic mass is 9.73. The third-order valence-electron chi connectivity index (χ3n) is 9.59. The van der Waals surface area contributed by atoms with Crippen LogP contribution < -0.4 is 39.8 Å². The lowest BCUT2D eigenvalue weighted by Crippen LogP contribution is -2.59. The predicted octanol–water partition coefficient (Wildman–Crippen LogP) is 3.07. The van der Waals surface area contributed by atoms with E-state index >= 15 is 0 Å². The van der Waals surface area contributed by atoms with Gasteiger partial charge in [-0.25, -0.2) is 9.97 Å². The van der Waals surface area contributed by atoms with Crippen LogP contribution in [0.25, 0.3) is 23.3 Å². The molecule has 0 bridgehead atoms. The van der Waals surface area contributed by atoms with Crippen molar-refractivity contribution in [1.29, 1.82) is 0 Å². The Balaban J connectivity index is 1.19. The van der Waals surface area contributed by atoms with Crippen LogP contribution in [0.15, 0.2) is 61.1 Å². The molecule has 2 unspecified atom stereocenters. The van der Waals surface area contributed by atoms with Gasteiger partial charge in [-0.15, -0.1) is 0 Å². The average molecular weight is 646 g/mol. The molecule has 1 aromatic heterocycles. The quantitative estimate of drug-likeness (QED) is 0.306. The van der Waals surface area contributed by atoms with Crippen LogP contribution in [0.5, 0.6) is 17.2 Å². The molecule has 3 aromatic carbocycles. The van der Waals surface area contributed by atoms with Gasteiger partial charge in [0, 0.05) is 30.1 Å². The first-order chi connectivity index (χ1) is 23.2. The number of rotatable bonds is 8. The zero-order valence-electron chi connectivity index (χ0n) is 27.4. The number of ether oxygens (including phenoxy) is 3. The van der Waals surface area contributed by atoms with Gasteiger partial charge in [-0.05, 0) is 52.3 Å². The standard InChI is InChI=1S/C37H35N5O6/c1-21-14-27-26-17-30(43)25-9-7-6-8-23(25)24(26)10-11-28(27)37(2,34(21)44)42-20-41(29-18-38-19-40-35(29)42)13-12-39-36(45)22-15-31(46-3)33(48-5)32(16-22)47-4/h6-11,14-19,21H,12-13,20H2,1-5H3,(H,39,45).